The Morgan fingerprint density at radius 2 is 1.45 bits per heavy atom. The SMILES string of the molecule is O=C(Cc1ccc(N(Cc2ccccc2)C(=O)C=Cc2ccccc2)cc1)N1CCOCC1. The van der Waals surface area contributed by atoms with Crippen molar-refractivity contribution in [3.8, 4) is 0 Å². The van der Waals surface area contributed by atoms with E-state index in [4.69, 9.17) is 4.74 Å². The molecule has 0 aliphatic carbocycles. The second kappa shape index (κ2) is 11.2. The summed E-state index contributed by atoms with van der Waals surface area (Å²) in [6.07, 6.45) is 3.78. The molecule has 0 atom stereocenters. The fourth-order valence-electron chi connectivity index (χ4n) is 3.78. The quantitative estimate of drug-likeness (QED) is 0.514. The first kappa shape index (κ1) is 22.5. The van der Waals surface area contributed by atoms with Crippen LogP contribution >= 0.6 is 0 Å². The van der Waals surface area contributed by atoms with Crippen LogP contribution in [-0.2, 0) is 27.3 Å². The number of rotatable bonds is 7. The van der Waals surface area contributed by atoms with Gasteiger partial charge in [0, 0.05) is 24.9 Å². The van der Waals surface area contributed by atoms with E-state index in [0.29, 0.717) is 39.3 Å². The first-order valence-corrected chi connectivity index (χ1v) is 11.2. The molecule has 3 aromatic carbocycles. The summed E-state index contributed by atoms with van der Waals surface area (Å²) < 4.78 is 5.32. The second-order valence-corrected chi connectivity index (χ2v) is 7.99. The normalized spacial score (nSPS) is 13.8. The molecular weight excluding hydrogens is 412 g/mol. The van der Waals surface area contributed by atoms with Crippen molar-refractivity contribution in [2.45, 2.75) is 13.0 Å². The van der Waals surface area contributed by atoms with Crippen LogP contribution in [0.3, 0.4) is 0 Å². The standard InChI is InChI=1S/C28H28N2O3/c31-27(16-13-23-7-3-1-4-8-23)30(22-25-9-5-2-6-10-25)26-14-11-24(12-15-26)21-28(32)29-17-19-33-20-18-29/h1-16H,17-22H2. The molecule has 5 heteroatoms. The van der Waals surface area contributed by atoms with Crippen molar-refractivity contribution in [3.05, 3.63) is 108 Å². The molecule has 0 saturated carbocycles. The van der Waals surface area contributed by atoms with E-state index in [2.05, 4.69) is 0 Å². The molecule has 0 unspecified atom stereocenters. The zero-order valence-electron chi connectivity index (χ0n) is 18.6. The lowest BCUT2D eigenvalue weighted by Gasteiger charge is -2.27. The monoisotopic (exact) mass is 440 g/mol. The Balaban J connectivity index is 1.50. The van der Waals surface area contributed by atoms with E-state index >= 15 is 0 Å². The molecule has 0 N–H and O–H groups in total. The van der Waals surface area contributed by atoms with E-state index in [1.165, 1.54) is 0 Å². The summed E-state index contributed by atoms with van der Waals surface area (Å²) in [6, 6.07) is 27.4. The summed E-state index contributed by atoms with van der Waals surface area (Å²) in [5, 5.41) is 0. The van der Waals surface area contributed by atoms with Gasteiger partial charge in [0.2, 0.25) is 5.91 Å². The molecule has 0 radical (unpaired) electrons. The zero-order valence-corrected chi connectivity index (χ0v) is 18.6. The van der Waals surface area contributed by atoms with Crippen molar-refractivity contribution in [2.24, 2.45) is 0 Å². The van der Waals surface area contributed by atoms with Crippen LogP contribution in [0, 0.1) is 0 Å². The molecule has 33 heavy (non-hydrogen) atoms. The van der Waals surface area contributed by atoms with Gasteiger partial charge in [0.15, 0.2) is 0 Å². The van der Waals surface area contributed by atoms with Crippen molar-refractivity contribution in [1.29, 1.82) is 0 Å². The maximum absolute atomic E-state index is 13.2. The Kier molecular flexibility index (Phi) is 7.67. The van der Waals surface area contributed by atoms with E-state index in [-0.39, 0.29) is 11.8 Å². The molecule has 1 fully saturated rings. The van der Waals surface area contributed by atoms with Gasteiger partial charge in [0.25, 0.3) is 5.91 Å². The van der Waals surface area contributed by atoms with Crippen LogP contribution in [-0.4, -0.2) is 43.0 Å². The highest BCUT2D eigenvalue weighted by atomic mass is 16.5. The number of nitrogens with zero attached hydrogens (tertiary/aromatic N) is 2. The van der Waals surface area contributed by atoms with Crippen LogP contribution in [0.25, 0.3) is 6.08 Å². The van der Waals surface area contributed by atoms with Crippen molar-refractivity contribution in [1.82, 2.24) is 4.90 Å². The molecule has 1 aliphatic rings. The number of morpholine rings is 1. The van der Waals surface area contributed by atoms with Gasteiger partial charge in [-0.2, -0.15) is 0 Å². The summed E-state index contributed by atoms with van der Waals surface area (Å²) in [5.74, 6) is 0.00825. The smallest absolute Gasteiger partial charge is 0.251 e. The molecule has 3 aromatic rings. The van der Waals surface area contributed by atoms with Gasteiger partial charge >= 0.3 is 0 Å². The van der Waals surface area contributed by atoms with Crippen molar-refractivity contribution in [2.75, 3.05) is 31.2 Å². The molecule has 1 aliphatic heterocycles. The summed E-state index contributed by atoms with van der Waals surface area (Å²) >= 11 is 0. The third kappa shape index (κ3) is 6.40. The van der Waals surface area contributed by atoms with Crippen LogP contribution in [0.1, 0.15) is 16.7 Å². The number of anilines is 1. The van der Waals surface area contributed by atoms with Crippen molar-refractivity contribution >= 4 is 23.6 Å². The highest BCUT2D eigenvalue weighted by Gasteiger charge is 2.18. The number of benzene rings is 3. The summed E-state index contributed by atoms with van der Waals surface area (Å²) in [6.45, 7) is 2.94. The van der Waals surface area contributed by atoms with E-state index in [1.807, 2.05) is 95.9 Å². The number of amides is 2. The first-order chi connectivity index (χ1) is 16.2. The number of hydrogen-bond acceptors (Lipinski definition) is 3. The van der Waals surface area contributed by atoms with E-state index in [9.17, 15) is 9.59 Å². The highest BCUT2D eigenvalue weighted by molar-refractivity contribution is 6.03. The van der Waals surface area contributed by atoms with Crippen molar-refractivity contribution in [3.63, 3.8) is 0 Å². The third-order valence-electron chi connectivity index (χ3n) is 5.63. The second-order valence-electron chi connectivity index (χ2n) is 7.99. The first-order valence-electron chi connectivity index (χ1n) is 11.2. The third-order valence-corrected chi connectivity index (χ3v) is 5.63. The largest absolute Gasteiger partial charge is 0.378 e. The lowest BCUT2D eigenvalue weighted by atomic mass is 10.1. The van der Waals surface area contributed by atoms with Gasteiger partial charge in [-0.25, -0.2) is 0 Å². The maximum atomic E-state index is 13.2. The predicted molar refractivity (Wildman–Crippen MR) is 131 cm³/mol. The summed E-state index contributed by atoms with van der Waals surface area (Å²) in [7, 11) is 0. The van der Waals surface area contributed by atoms with Crippen LogP contribution in [0.5, 0.6) is 0 Å². The summed E-state index contributed by atoms with van der Waals surface area (Å²) in [5.41, 5.74) is 3.75. The van der Waals surface area contributed by atoms with Gasteiger partial charge in [-0.3, -0.25) is 9.59 Å². The molecule has 0 aromatic heterocycles. The van der Waals surface area contributed by atoms with E-state index in [1.54, 1.807) is 11.0 Å². The van der Waals surface area contributed by atoms with Gasteiger partial charge in [0.05, 0.1) is 26.2 Å². The van der Waals surface area contributed by atoms with Crippen LogP contribution in [0.15, 0.2) is 91.0 Å². The Bertz CT molecular complexity index is 1070. The Labute approximate surface area is 194 Å². The minimum atomic E-state index is -0.0974. The minimum Gasteiger partial charge on any atom is -0.378 e. The molecule has 1 saturated heterocycles. The molecule has 2 amide bonds. The van der Waals surface area contributed by atoms with Crippen LogP contribution in [0.4, 0.5) is 5.69 Å². The molecule has 0 bridgehead atoms. The molecular formula is C28H28N2O3. The molecule has 0 spiro atoms. The van der Waals surface area contributed by atoms with Crippen LogP contribution < -0.4 is 4.90 Å². The minimum absolute atomic E-state index is 0.0974. The summed E-state index contributed by atoms with van der Waals surface area (Å²) in [4.78, 5) is 29.3. The fraction of sp³-hybridized carbons (Fsp3) is 0.214. The highest BCUT2D eigenvalue weighted by Crippen LogP contribution is 2.20. The van der Waals surface area contributed by atoms with Gasteiger partial charge in [0.1, 0.15) is 0 Å². The van der Waals surface area contributed by atoms with Gasteiger partial charge in [-0.1, -0.05) is 72.8 Å². The molecule has 168 valence electrons. The van der Waals surface area contributed by atoms with E-state index < -0.39 is 0 Å². The Morgan fingerprint density at radius 1 is 0.818 bits per heavy atom. The maximum Gasteiger partial charge on any atom is 0.251 e. The van der Waals surface area contributed by atoms with Gasteiger partial charge < -0.3 is 14.5 Å². The number of ether oxygens (including phenoxy) is 1. The molecule has 5 nitrogen and oxygen atoms in total. The average molecular weight is 441 g/mol. The molecule has 4 rings (SSSR count). The topological polar surface area (TPSA) is 49.9 Å². The molecule has 1 heterocycles. The predicted octanol–water partition coefficient (Wildman–Crippen LogP) is 4.33. The van der Waals surface area contributed by atoms with Gasteiger partial charge in [-0.05, 0) is 34.9 Å². The zero-order chi connectivity index (χ0) is 22.9. The van der Waals surface area contributed by atoms with E-state index in [0.717, 1.165) is 22.4 Å². The Morgan fingerprint density at radius 3 is 2.12 bits per heavy atom. The van der Waals surface area contributed by atoms with Crippen LogP contribution in [0.2, 0.25) is 0 Å². The lowest BCUT2D eigenvalue weighted by molar-refractivity contribution is -0.134. The fourth-order valence-corrected chi connectivity index (χ4v) is 3.78. The number of carbonyl (C=O) groups excluding carboxylic acids is 2. The lowest BCUT2D eigenvalue weighted by Crippen LogP contribution is -2.41. The van der Waals surface area contributed by atoms with Crippen molar-refractivity contribution < 1.29 is 14.3 Å². The van der Waals surface area contributed by atoms with Gasteiger partial charge in [-0.15, -0.1) is 0 Å². The average Bonchev–Trinajstić information content (AvgIpc) is 2.88. The Hall–Kier alpha value is -3.70. The number of carbonyl (C=O) groups is 2. The number of hydrogen-bond donors (Lipinski definition) is 0.